The molecule has 0 N–H and O–H groups in total. The maximum atomic E-state index is 6.12. The number of thioether (sulfide) groups is 1. The van der Waals surface area contributed by atoms with Crippen molar-refractivity contribution in [3.05, 3.63) is 23.7 Å². The standard InChI is InChI=1S/C21H27N3O2S/c1-4-5-6-7-8-9-27-20-18-17(22-13-23-20)15-10-14-12-25-21(2,3)11-16(14)24-19(15)26-18/h10,13H,4-9,11-12H2,1-3H3. The van der Waals surface area contributed by atoms with Gasteiger partial charge in [0.15, 0.2) is 5.58 Å². The molecule has 0 bridgehead atoms. The fraction of sp³-hybridized carbons (Fsp3) is 0.571. The second-order valence-corrected chi connectivity index (χ2v) is 8.98. The van der Waals surface area contributed by atoms with Crippen molar-refractivity contribution in [3.63, 3.8) is 0 Å². The largest absolute Gasteiger partial charge is 0.433 e. The van der Waals surface area contributed by atoms with Crippen LogP contribution in [0.5, 0.6) is 0 Å². The zero-order valence-corrected chi connectivity index (χ0v) is 17.2. The number of fused-ring (bicyclic) bond motifs is 4. The molecule has 6 heteroatoms. The predicted octanol–water partition coefficient (Wildman–Crippen LogP) is 5.68. The number of hydrogen-bond donors (Lipinski definition) is 0. The van der Waals surface area contributed by atoms with E-state index >= 15 is 0 Å². The second-order valence-electron chi connectivity index (χ2n) is 7.89. The van der Waals surface area contributed by atoms with E-state index in [2.05, 4.69) is 36.8 Å². The second kappa shape index (κ2) is 7.76. The fourth-order valence-electron chi connectivity index (χ4n) is 3.54. The van der Waals surface area contributed by atoms with Gasteiger partial charge in [-0.2, -0.15) is 0 Å². The lowest BCUT2D eigenvalue weighted by Crippen LogP contribution is -2.32. The molecule has 0 saturated heterocycles. The fourth-order valence-corrected chi connectivity index (χ4v) is 4.48. The molecule has 0 aliphatic carbocycles. The molecule has 0 unspecified atom stereocenters. The van der Waals surface area contributed by atoms with E-state index < -0.39 is 0 Å². The summed E-state index contributed by atoms with van der Waals surface area (Å²) in [6, 6.07) is 2.13. The van der Waals surface area contributed by atoms with Gasteiger partial charge in [-0.1, -0.05) is 32.6 Å². The van der Waals surface area contributed by atoms with Gasteiger partial charge in [0.25, 0.3) is 0 Å². The van der Waals surface area contributed by atoms with Crippen molar-refractivity contribution < 1.29 is 9.15 Å². The molecule has 0 aromatic carbocycles. The van der Waals surface area contributed by atoms with Crippen LogP contribution in [0.1, 0.15) is 64.1 Å². The molecule has 27 heavy (non-hydrogen) atoms. The molecular formula is C21H27N3O2S. The third-order valence-electron chi connectivity index (χ3n) is 5.08. The Balaban J connectivity index is 1.60. The van der Waals surface area contributed by atoms with E-state index in [-0.39, 0.29) is 5.60 Å². The van der Waals surface area contributed by atoms with E-state index in [1.54, 1.807) is 18.1 Å². The van der Waals surface area contributed by atoms with Gasteiger partial charge >= 0.3 is 0 Å². The number of furan rings is 1. The summed E-state index contributed by atoms with van der Waals surface area (Å²) in [4.78, 5) is 13.7. The van der Waals surface area contributed by atoms with Crippen LogP contribution in [-0.2, 0) is 17.8 Å². The number of unbranched alkanes of at least 4 members (excludes halogenated alkanes) is 4. The van der Waals surface area contributed by atoms with Crippen LogP contribution in [-0.4, -0.2) is 26.3 Å². The molecule has 4 heterocycles. The first-order valence-corrected chi connectivity index (χ1v) is 10.9. The normalized spacial score (nSPS) is 16.1. The SMILES string of the molecule is CCCCCCCSc1ncnc2c1oc1nc3c(cc12)COC(C)(C)C3. The monoisotopic (exact) mass is 385 g/mol. The Morgan fingerprint density at radius 2 is 2.00 bits per heavy atom. The van der Waals surface area contributed by atoms with Crippen LogP contribution >= 0.6 is 11.8 Å². The van der Waals surface area contributed by atoms with Crippen molar-refractivity contribution in [1.82, 2.24) is 15.0 Å². The maximum Gasteiger partial charge on any atom is 0.229 e. The van der Waals surface area contributed by atoms with E-state index in [1.807, 2.05) is 0 Å². The van der Waals surface area contributed by atoms with Crippen molar-refractivity contribution >= 4 is 34.0 Å². The zero-order chi connectivity index (χ0) is 18.9. The molecule has 0 amide bonds. The Labute approximate surface area is 164 Å². The molecule has 5 nitrogen and oxygen atoms in total. The number of pyridine rings is 1. The number of ether oxygens (including phenoxy) is 1. The van der Waals surface area contributed by atoms with Gasteiger partial charge in [0.1, 0.15) is 16.9 Å². The van der Waals surface area contributed by atoms with Gasteiger partial charge in [0.05, 0.1) is 23.3 Å². The van der Waals surface area contributed by atoms with Gasteiger partial charge in [0.2, 0.25) is 5.71 Å². The van der Waals surface area contributed by atoms with E-state index in [0.717, 1.165) is 44.9 Å². The Kier molecular flexibility index (Phi) is 5.37. The molecular weight excluding hydrogens is 358 g/mol. The Morgan fingerprint density at radius 1 is 1.15 bits per heavy atom. The van der Waals surface area contributed by atoms with Crippen molar-refractivity contribution in [2.75, 3.05) is 5.75 Å². The van der Waals surface area contributed by atoms with Gasteiger partial charge in [-0.3, -0.25) is 0 Å². The minimum absolute atomic E-state index is 0.182. The molecule has 0 atom stereocenters. The highest BCUT2D eigenvalue weighted by Gasteiger charge is 2.28. The van der Waals surface area contributed by atoms with Crippen LogP contribution in [0.4, 0.5) is 0 Å². The van der Waals surface area contributed by atoms with Crippen molar-refractivity contribution in [2.24, 2.45) is 0 Å². The van der Waals surface area contributed by atoms with Crippen LogP contribution in [0.15, 0.2) is 21.8 Å². The molecule has 0 spiro atoms. The minimum atomic E-state index is -0.182. The van der Waals surface area contributed by atoms with Crippen LogP contribution in [0, 0.1) is 0 Å². The Morgan fingerprint density at radius 3 is 2.85 bits per heavy atom. The summed E-state index contributed by atoms with van der Waals surface area (Å²) in [5.74, 6) is 1.05. The summed E-state index contributed by atoms with van der Waals surface area (Å²) in [6.07, 6.45) is 8.82. The van der Waals surface area contributed by atoms with Gasteiger partial charge in [0, 0.05) is 12.0 Å². The first kappa shape index (κ1) is 18.7. The highest BCUT2D eigenvalue weighted by molar-refractivity contribution is 7.99. The third kappa shape index (κ3) is 3.97. The maximum absolute atomic E-state index is 6.12. The smallest absolute Gasteiger partial charge is 0.229 e. The van der Waals surface area contributed by atoms with Gasteiger partial charge in [-0.05, 0) is 32.1 Å². The molecule has 3 aromatic heterocycles. The van der Waals surface area contributed by atoms with Crippen LogP contribution in [0.25, 0.3) is 22.2 Å². The Hall–Kier alpha value is -1.66. The van der Waals surface area contributed by atoms with E-state index in [4.69, 9.17) is 14.1 Å². The van der Waals surface area contributed by atoms with E-state index in [9.17, 15) is 0 Å². The van der Waals surface area contributed by atoms with E-state index in [1.165, 1.54) is 32.1 Å². The predicted molar refractivity (Wildman–Crippen MR) is 109 cm³/mol. The zero-order valence-electron chi connectivity index (χ0n) is 16.4. The Bertz CT molecular complexity index is 951. The van der Waals surface area contributed by atoms with Gasteiger partial charge in [-0.25, -0.2) is 15.0 Å². The van der Waals surface area contributed by atoms with E-state index in [0.29, 0.717) is 12.3 Å². The van der Waals surface area contributed by atoms with Crippen molar-refractivity contribution in [1.29, 1.82) is 0 Å². The summed E-state index contributed by atoms with van der Waals surface area (Å²) in [7, 11) is 0. The summed E-state index contributed by atoms with van der Waals surface area (Å²) in [6.45, 7) is 7.03. The molecule has 0 fully saturated rings. The van der Waals surface area contributed by atoms with Crippen molar-refractivity contribution in [2.45, 2.75) is 76.5 Å². The average molecular weight is 386 g/mol. The molecule has 1 aliphatic rings. The molecule has 4 rings (SSSR count). The van der Waals surface area contributed by atoms with Crippen LogP contribution in [0.3, 0.4) is 0 Å². The summed E-state index contributed by atoms with van der Waals surface area (Å²) in [5, 5.41) is 1.88. The number of hydrogen-bond acceptors (Lipinski definition) is 6. The summed E-state index contributed by atoms with van der Waals surface area (Å²) < 4.78 is 12.1. The quantitative estimate of drug-likeness (QED) is 0.296. The minimum Gasteiger partial charge on any atom is -0.433 e. The molecule has 3 aromatic rings. The lowest BCUT2D eigenvalue weighted by molar-refractivity contribution is -0.0411. The number of nitrogens with zero attached hydrogens (tertiary/aromatic N) is 3. The first-order valence-electron chi connectivity index (χ1n) is 9.90. The van der Waals surface area contributed by atoms with Gasteiger partial charge < -0.3 is 9.15 Å². The van der Waals surface area contributed by atoms with Crippen molar-refractivity contribution in [3.8, 4) is 0 Å². The van der Waals surface area contributed by atoms with Gasteiger partial charge in [-0.15, -0.1) is 11.8 Å². The molecule has 0 saturated carbocycles. The number of aromatic nitrogens is 3. The molecule has 0 radical (unpaired) electrons. The summed E-state index contributed by atoms with van der Waals surface area (Å²) >= 11 is 1.76. The lowest BCUT2D eigenvalue weighted by Gasteiger charge is -2.30. The lowest BCUT2D eigenvalue weighted by atomic mass is 9.95. The van der Waals surface area contributed by atoms with Crippen LogP contribution < -0.4 is 0 Å². The summed E-state index contributed by atoms with van der Waals surface area (Å²) in [5.41, 5.74) is 4.30. The highest BCUT2D eigenvalue weighted by atomic mass is 32.2. The first-order chi connectivity index (χ1) is 13.1. The molecule has 1 aliphatic heterocycles. The number of rotatable bonds is 7. The molecule has 144 valence electrons. The van der Waals surface area contributed by atoms with Crippen LogP contribution in [0.2, 0.25) is 0 Å². The average Bonchev–Trinajstić information content (AvgIpc) is 3.00. The highest BCUT2D eigenvalue weighted by Crippen LogP contribution is 2.35. The third-order valence-corrected chi connectivity index (χ3v) is 6.14. The topological polar surface area (TPSA) is 61.0 Å².